The molecule has 1 aromatic carbocycles. The van der Waals surface area contributed by atoms with Gasteiger partial charge in [0.1, 0.15) is 10.8 Å². The summed E-state index contributed by atoms with van der Waals surface area (Å²) in [6, 6.07) is 5.17. The first kappa shape index (κ1) is 21.0. The van der Waals surface area contributed by atoms with Crippen molar-refractivity contribution in [2.75, 3.05) is 13.7 Å². The molecule has 0 aliphatic rings. The number of aromatic nitrogens is 1. The number of nitrogens with one attached hydrogen (secondary N) is 2. The number of hydrogen-bond acceptors (Lipinski definition) is 4. The molecule has 0 fully saturated rings. The number of thiazole rings is 1. The van der Waals surface area contributed by atoms with Crippen molar-refractivity contribution < 1.29 is 17.9 Å². The van der Waals surface area contributed by atoms with Crippen molar-refractivity contribution in [3.05, 3.63) is 44.9 Å². The van der Waals surface area contributed by atoms with Gasteiger partial charge in [-0.1, -0.05) is 12.1 Å². The van der Waals surface area contributed by atoms with E-state index in [1.807, 2.05) is 19.9 Å². The first-order chi connectivity index (χ1) is 12.7. The molecule has 9 heteroatoms. The minimum Gasteiger partial charge on any atom is -0.484 e. The summed E-state index contributed by atoms with van der Waals surface area (Å²) in [5.74, 6) is 0.740. The van der Waals surface area contributed by atoms with Crippen LogP contribution < -0.4 is 15.4 Å². The Morgan fingerprint density at radius 3 is 2.48 bits per heavy atom. The smallest absolute Gasteiger partial charge is 0.422 e. The largest absolute Gasteiger partial charge is 0.484 e. The van der Waals surface area contributed by atoms with Crippen LogP contribution in [-0.4, -0.2) is 30.8 Å². The maximum atomic E-state index is 12.5. The molecule has 1 aromatic heterocycles. The molecule has 2 aromatic rings. The van der Waals surface area contributed by atoms with Gasteiger partial charge in [-0.3, -0.25) is 4.99 Å². The van der Waals surface area contributed by atoms with Crippen LogP contribution in [0.4, 0.5) is 13.2 Å². The third-order valence-corrected chi connectivity index (χ3v) is 4.84. The molecule has 5 nitrogen and oxygen atoms in total. The minimum absolute atomic E-state index is 0.210. The summed E-state index contributed by atoms with van der Waals surface area (Å²) in [5, 5.41) is 7.18. The molecule has 2 rings (SSSR count). The number of ether oxygens (including phenoxy) is 1. The standard InChI is InChI=1S/C18H23F3N4OS/c1-11-5-6-14(15(7-11)26-10-18(19,20)21)8-23-17(22-4)24-9-16-25-12(2)13(3)27-16/h5-7H,8-10H2,1-4H3,(H2,22,23,24). The predicted molar refractivity (Wildman–Crippen MR) is 101 cm³/mol. The van der Waals surface area contributed by atoms with Crippen LogP contribution in [0.2, 0.25) is 0 Å². The number of halogens is 3. The van der Waals surface area contributed by atoms with E-state index in [-0.39, 0.29) is 12.3 Å². The number of hydrogen-bond donors (Lipinski definition) is 2. The van der Waals surface area contributed by atoms with Crippen LogP contribution in [-0.2, 0) is 13.1 Å². The topological polar surface area (TPSA) is 58.5 Å². The summed E-state index contributed by atoms with van der Waals surface area (Å²) >= 11 is 1.61. The lowest BCUT2D eigenvalue weighted by Crippen LogP contribution is -2.36. The Bertz CT molecular complexity index is 783. The first-order valence-electron chi connectivity index (χ1n) is 8.34. The lowest BCUT2D eigenvalue weighted by atomic mass is 10.1. The second-order valence-corrected chi connectivity index (χ2v) is 7.33. The second kappa shape index (κ2) is 9.07. The van der Waals surface area contributed by atoms with Crippen molar-refractivity contribution >= 4 is 17.3 Å². The van der Waals surface area contributed by atoms with E-state index in [2.05, 4.69) is 20.6 Å². The average molecular weight is 400 g/mol. The van der Waals surface area contributed by atoms with E-state index >= 15 is 0 Å². The maximum Gasteiger partial charge on any atom is 0.422 e. The van der Waals surface area contributed by atoms with Crippen LogP contribution in [0.15, 0.2) is 23.2 Å². The molecule has 0 aliphatic carbocycles. The molecule has 0 unspecified atom stereocenters. The predicted octanol–water partition coefficient (Wildman–Crippen LogP) is 3.87. The van der Waals surface area contributed by atoms with Gasteiger partial charge in [-0.25, -0.2) is 4.98 Å². The lowest BCUT2D eigenvalue weighted by molar-refractivity contribution is -0.153. The SMILES string of the molecule is CN=C(NCc1nc(C)c(C)s1)NCc1ccc(C)cc1OCC(F)(F)F. The van der Waals surface area contributed by atoms with Crippen LogP contribution in [0.1, 0.15) is 26.7 Å². The molecule has 27 heavy (non-hydrogen) atoms. The van der Waals surface area contributed by atoms with E-state index in [1.165, 1.54) is 4.88 Å². The van der Waals surface area contributed by atoms with Crippen LogP contribution in [0, 0.1) is 20.8 Å². The molecule has 0 radical (unpaired) electrons. The summed E-state index contributed by atoms with van der Waals surface area (Å²) in [7, 11) is 1.63. The highest BCUT2D eigenvalue weighted by molar-refractivity contribution is 7.11. The van der Waals surface area contributed by atoms with E-state index in [9.17, 15) is 13.2 Å². The maximum absolute atomic E-state index is 12.5. The molecule has 0 amide bonds. The zero-order chi connectivity index (χ0) is 20.0. The number of benzene rings is 1. The molecule has 0 saturated carbocycles. The van der Waals surface area contributed by atoms with Gasteiger partial charge in [0.2, 0.25) is 0 Å². The molecule has 0 spiro atoms. The van der Waals surface area contributed by atoms with Crippen molar-refractivity contribution in [1.82, 2.24) is 15.6 Å². The van der Waals surface area contributed by atoms with E-state index in [4.69, 9.17) is 4.74 Å². The Labute approximate surface area is 160 Å². The summed E-state index contributed by atoms with van der Waals surface area (Å²) in [4.78, 5) is 9.75. The van der Waals surface area contributed by atoms with Crippen molar-refractivity contribution in [2.24, 2.45) is 4.99 Å². The Kier molecular flexibility index (Phi) is 7.06. The fourth-order valence-corrected chi connectivity index (χ4v) is 3.15. The first-order valence-corrected chi connectivity index (χ1v) is 9.16. The van der Waals surface area contributed by atoms with E-state index < -0.39 is 12.8 Å². The highest BCUT2D eigenvalue weighted by Crippen LogP contribution is 2.23. The Balaban J connectivity index is 1.97. The summed E-state index contributed by atoms with van der Waals surface area (Å²) in [5.41, 5.74) is 2.45. The molecule has 1 heterocycles. The molecule has 2 N–H and O–H groups in total. The third kappa shape index (κ3) is 6.74. The van der Waals surface area contributed by atoms with Gasteiger partial charge >= 0.3 is 6.18 Å². The van der Waals surface area contributed by atoms with Gasteiger partial charge in [0.15, 0.2) is 12.6 Å². The third-order valence-electron chi connectivity index (χ3n) is 3.76. The zero-order valence-corrected chi connectivity index (χ0v) is 16.5. The molecule has 0 atom stereocenters. The van der Waals surface area contributed by atoms with Crippen LogP contribution in [0.25, 0.3) is 0 Å². The number of alkyl halides is 3. The van der Waals surface area contributed by atoms with Crippen LogP contribution in [0.3, 0.4) is 0 Å². The van der Waals surface area contributed by atoms with E-state index in [0.29, 0.717) is 18.1 Å². The van der Waals surface area contributed by atoms with Gasteiger partial charge in [0, 0.05) is 24.0 Å². The Morgan fingerprint density at radius 2 is 1.89 bits per heavy atom. The highest BCUT2D eigenvalue weighted by Gasteiger charge is 2.28. The fourth-order valence-electron chi connectivity index (χ4n) is 2.28. The van der Waals surface area contributed by atoms with Crippen molar-refractivity contribution in [3.8, 4) is 5.75 Å². The van der Waals surface area contributed by atoms with Gasteiger partial charge in [0.05, 0.1) is 12.2 Å². The number of aryl methyl sites for hydroxylation is 3. The van der Waals surface area contributed by atoms with Crippen molar-refractivity contribution in [3.63, 3.8) is 0 Å². The number of guanidine groups is 1. The quantitative estimate of drug-likeness (QED) is 0.571. The normalized spacial score (nSPS) is 12.2. The van der Waals surface area contributed by atoms with E-state index in [0.717, 1.165) is 16.3 Å². The summed E-state index contributed by atoms with van der Waals surface area (Å²) in [6.45, 7) is 5.26. The fraction of sp³-hybridized carbons (Fsp3) is 0.444. The Hall–Kier alpha value is -2.29. The highest BCUT2D eigenvalue weighted by atomic mass is 32.1. The molecule has 0 bridgehead atoms. The molecule has 148 valence electrons. The van der Waals surface area contributed by atoms with Gasteiger partial charge < -0.3 is 15.4 Å². The minimum atomic E-state index is -4.38. The van der Waals surface area contributed by atoms with Gasteiger partial charge in [0.25, 0.3) is 0 Å². The van der Waals surface area contributed by atoms with Crippen LogP contribution >= 0.6 is 11.3 Å². The van der Waals surface area contributed by atoms with Crippen molar-refractivity contribution in [1.29, 1.82) is 0 Å². The van der Waals surface area contributed by atoms with Gasteiger partial charge in [-0.2, -0.15) is 13.2 Å². The second-order valence-electron chi connectivity index (χ2n) is 6.04. The number of aliphatic imine (C=N–C) groups is 1. The van der Waals surface area contributed by atoms with E-state index in [1.54, 1.807) is 37.4 Å². The molecular weight excluding hydrogens is 377 g/mol. The number of rotatable bonds is 6. The van der Waals surface area contributed by atoms with Gasteiger partial charge in [-0.05, 0) is 32.4 Å². The van der Waals surface area contributed by atoms with Crippen LogP contribution in [0.5, 0.6) is 5.75 Å². The molecule has 0 saturated heterocycles. The number of nitrogens with zero attached hydrogens (tertiary/aromatic N) is 2. The summed E-state index contributed by atoms with van der Waals surface area (Å²) < 4.78 is 42.3. The van der Waals surface area contributed by atoms with Crippen molar-refractivity contribution in [2.45, 2.75) is 40.0 Å². The summed E-state index contributed by atoms with van der Waals surface area (Å²) in [6.07, 6.45) is -4.38. The van der Waals surface area contributed by atoms with Gasteiger partial charge in [-0.15, -0.1) is 11.3 Å². The average Bonchev–Trinajstić information content (AvgIpc) is 2.91. The molecule has 0 aliphatic heterocycles. The Morgan fingerprint density at radius 1 is 1.19 bits per heavy atom. The molecular formula is C18H23F3N4OS. The lowest BCUT2D eigenvalue weighted by Gasteiger charge is -2.16. The zero-order valence-electron chi connectivity index (χ0n) is 15.7. The monoisotopic (exact) mass is 400 g/mol.